The van der Waals surface area contributed by atoms with Crippen LogP contribution in [0, 0.1) is 0 Å². The third-order valence-corrected chi connectivity index (χ3v) is 26.4. The Hall–Kier alpha value is -10.6. The number of hydrogen-bond donors (Lipinski definition) is 1. The van der Waals surface area contributed by atoms with Gasteiger partial charge >= 0.3 is 12.1 Å². The number of Topliss-reactive ketones (excluding diaryl/α,β-unsaturated/α-hetero) is 1. The van der Waals surface area contributed by atoms with E-state index < -0.39 is 28.3 Å². The van der Waals surface area contributed by atoms with Crippen molar-refractivity contribution < 1.29 is 56.6 Å². The summed E-state index contributed by atoms with van der Waals surface area (Å²) in [6.45, 7) is 41.0. The topological polar surface area (TPSA) is 170 Å². The Morgan fingerprint density at radius 1 is 0.355 bits per heavy atom. The van der Waals surface area contributed by atoms with Gasteiger partial charge in [-0.3, -0.25) is 24.0 Å². The van der Waals surface area contributed by atoms with Gasteiger partial charge in [-0.2, -0.15) is 0 Å². The van der Waals surface area contributed by atoms with E-state index in [0.717, 1.165) is 80.8 Å². The molecular weight excluding hydrogens is 1400 g/mol. The Balaban J connectivity index is 0.000000233. The van der Waals surface area contributed by atoms with Crippen molar-refractivity contribution in [3.8, 4) is 17.2 Å². The number of hydrogen-bond acceptors (Lipinski definition) is 12. The Morgan fingerprint density at radius 2 is 0.682 bits per heavy atom. The lowest BCUT2D eigenvalue weighted by Crippen LogP contribution is -2.44. The van der Waals surface area contributed by atoms with Gasteiger partial charge in [-0.1, -0.05) is 222 Å². The summed E-state index contributed by atoms with van der Waals surface area (Å²) in [5.74, 6) is 2.00. The number of ether oxygens (including phenoxy) is 5. The zero-order valence-electron chi connectivity index (χ0n) is 66.7. The van der Waals surface area contributed by atoms with Gasteiger partial charge in [-0.25, -0.2) is 4.79 Å². The highest BCUT2D eigenvalue weighted by atomic mass is 28.4. The van der Waals surface area contributed by atoms with Crippen LogP contribution in [0.1, 0.15) is 182 Å². The minimum Gasteiger partial charge on any atom is -0.494 e. The number of amides is 1. The second-order valence-electron chi connectivity index (χ2n) is 31.0. The molecule has 0 aliphatic heterocycles. The van der Waals surface area contributed by atoms with E-state index in [1.165, 1.54) is 0 Å². The molecule has 0 bridgehead atoms. The fourth-order valence-electron chi connectivity index (χ4n) is 12.5. The van der Waals surface area contributed by atoms with E-state index in [9.17, 15) is 28.8 Å². The van der Waals surface area contributed by atoms with Crippen LogP contribution in [-0.4, -0.2) is 84.9 Å². The van der Waals surface area contributed by atoms with Crippen LogP contribution in [-0.2, 0) is 39.5 Å². The summed E-state index contributed by atoms with van der Waals surface area (Å²) in [6, 6.07) is 75.5. The normalized spacial score (nSPS) is 11.4. The molecule has 0 fully saturated rings. The minimum absolute atomic E-state index is 0.00767. The zero-order valence-corrected chi connectivity index (χ0v) is 68.7. The molecule has 0 aliphatic carbocycles. The number of carbonyl (C=O) groups excluding carboxylic acids is 6. The number of alkyl carbamates (subject to hydrolysis) is 1. The lowest BCUT2D eigenvalue weighted by molar-refractivity contribution is -0.145. The van der Waals surface area contributed by atoms with E-state index in [1.54, 1.807) is 60.7 Å². The van der Waals surface area contributed by atoms with E-state index in [2.05, 4.69) is 89.4 Å². The number of esters is 1. The monoisotopic (exact) mass is 1510 g/mol. The van der Waals surface area contributed by atoms with Gasteiger partial charge in [-0.15, -0.1) is 0 Å². The molecule has 1 N–H and O–H groups in total. The molecule has 0 radical (unpaired) electrons. The first kappa shape index (κ1) is 86.6. The highest BCUT2D eigenvalue weighted by Gasteiger charge is 2.33. The summed E-state index contributed by atoms with van der Waals surface area (Å²) in [5, 5.41) is 3.00. The Bertz CT molecular complexity index is 4360. The van der Waals surface area contributed by atoms with Crippen LogP contribution < -0.4 is 19.5 Å². The smallest absolute Gasteiger partial charge is 0.407 e. The van der Waals surface area contributed by atoms with Gasteiger partial charge in [0, 0.05) is 51.6 Å². The highest BCUT2D eigenvalue weighted by Crippen LogP contribution is 2.33. The molecule has 15 heteroatoms. The van der Waals surface area contributed by atoms with E-state index in [4.69, 9.17) is 27.8 Å². The molecule has 110 heavy (non-hydrogen) atoms. The standard InChI is InChI=1S/C36H49NO5Si2.C30H32O3.C29H30O4/c1-28(2)31-17-12-18-32(27-31)36(3,4)37-35(39)41-24-14-26-44(7,8)42-43(5,6)25-13-23-40-33-21-19-30(20-22-33)34(38)29-15-10-9-11-16-29;1-22(2)25-12-8-13-26(20-25)30(3,4)21-27(31)14-9-19-33-28-17-15-24(16-18-28)29(32)23-10-6-5-7-11-23;1-21(2)24-11-8-12-25(19-24)29(3,4)20-27(30)33-18-17-32-26-15-13-23(14-16-26)28(31)22-9-6-5-7-10-22/h9-12,15-22,27H,1,13-14,23-26H2,2-8H3,(H,37,39);5-8,10-13,15-18,20H,1,9,14,19,21H2,2-4H3;5-16,19H,1,17-18,20H2,2-4H3. The second kappa shape index (κ2) is 41.3. The number of nitrogens with one attached hydrogen (secondary N) is 1. The number of allylic oxidation sites excluding steroid dienone is 3. The molecule has 0 saturated heterocycles. The number of benzene rings is 9. The van der Waals surface area contributed by atoms with E-state index in [-0.39, 0.29) is 59.6 Å². The van der Waals surface area contributed by atoms with Crippen LogP contribution in [0.4, 0.5) is 4.79 Å². The maximum Gasteiger partial charge on any atom is 0.407 e. The molecule has 9 aromatic rings. The van der Waals surface area contributed by atoms with Gasteiger partial charge in [0.15, 0.2) is 34.0 Å². The molecule has 0 heterocycles. The fourth-order valence-corrected chi connectivity index (χ4v) is 21.3. The third-order valence-electron chi connectivity index (χ3n) is 18.8. The van der Waals surface area contributed by atoms with Gasteiger partial charge < -0.3 is 33.1 Å². The molecule has 576 valence electrons. The van der Waals surface area contributed by atoms with E-state index >= 15 is 0 Å². The maximum absolute atomic E-state index is 12.6. The third kappa shape index (κ3) is 28.4. The van der Waals surface area contributed by atoms with Gasteiger partial charge in [0.2, 0.25) is 0 Å². The van der Waals surface area contributed by atoms with Crippen molar-refractivity contribution >= 4 is 68.5 Å². The van der Waals surface area contributed by atoms with Crippen LogP contribution in [0.3, 0.4) is 0 Å². The van der Waals surface area contributed by atoms with Gasteiger partial charge in [0.05, 0.1) is 31.8 Å². The largest absolute Gasteiger partial charge is 0.494 e. The molecule has 0 aliphatic rings. The molecule has 9 aromatic carbocycles. The SMILES string of the molecule is C=C(C)c1cccc(C(C)(C)CC(=O)CCCOc2ccc(C(=O)c3ccccc3)cc2)c1.C=C(C)c1cccc(C(C)(C)CC(=O)OCCOc2ccc(C(=O)c3ccccc3)cc2)c1.C=C(C)c1cccc(C(C)(C)NC(=O)OCCC[Si](C)(C)O[Si](C)(C)CCCOc2ccc(C(=O)c3ccccc3)cc2)c1. The summed E-state index contributed by atoms with van der Waals surface area (Å²) in [4.78, 5) is 75.1. The first-order valence-corrected chi connectivity index (χ1v) is 44.0. The lowest BCUT2D eigenvalue weighted by atomic mass is 9.79. The maximum atomic E-state index is 12.6. The number of rotatable bonds is 37. The average Bonchev–Trinajstić information content (AvgIpc) is 0.842. The summed E-state index contributed by atoms with van der Waals surface area (Å²) in [7, 11) is -3.82. The predicted octanol–water partition coefficient (Wildman–Crippen LogP) is 22.5. The fraction of sp³-hybridized carbons (Fsp3) is 0.305. The van der Waals surface area contributed by atoms with Crippen molar-refractivity contribution in [3.05, 3.63) is 323 Å². The molecule has 0 atom stereocenters. The first-order chi connectivity index (χ1) is 52.2. The van der Waals surface area contributed by atoms with Crippen LogP contribution in [0.2, 0.25) is 38.3 Å². The summed E-state index contributed by atoms with van der Waals surface area (Å²) in [6.07, 6.45) is 3.16. The Labute approximate surface area is 655 Å². The van der Waals surface area contributed by atoms with Crippen molar-refractivity contribution in [1.29, 1.82) is 0 Å². The van der Waals surface area contributed by atoms with Crippen molar-refractivity contribution in [3.63, 3.8) is 0 Å². The average molecular weight is 1520 g/mol. The predicted molar refractivity (Wildman–Crippen MR) is 452 cm³/mol. The van der Waals surface area contributed by atoms with Crippen LogP contribution >= 0.6 is 0 Å². The van der Waals surface area contributed by atoms with Crippen molar-refractivity contribution in [2.24, 2.45) is 0 Å². The van der Waals surface area contributed by atoms with Crippen LogP contribution in [0.5, 0.6) is 17.2 Å². The van der Waals surface area contributed by atoms with E-state index in [1.807, 2.05) is 200 Å². The minimum atomic E-state index is -1.93. The molecule has 0 aromatic heterocycles. The van der Waals surface area contributed by atoms with Crippen molar-refractivity contribution in [2.75, 3.05) is 33.0 Å². The van der Waals surface area contributed by atoms with E-state index in [0.29, 0.717) is 84.0 Å². The zero-order chi connectivity index (χ0) is 80.1. The molecular formula is C95H111NO12Si2. The Morgan fingerprint density at radius 3 is 1.07 bits per heavy atom. The molecule has 0 unspecified atom stereocenters. The first-order valence-electron chi connectivity index (χ1n) is 37.8. The molecule has 1 amide bonds. The van der Waals surface area contributed by atoms with Crippen molar-refractivity contribution in [1.82, 2.24) is 5.32 Å². The summed E-state index contributed by atoms with van der Waals surface area (Å²) >= 11 is 0. The van der Waals surface area contributed by atoms with Gasteiger partial charge in [-0.05, 0) is 210 Å². The van der Waals surface area contributed by atoms with Crippen LogP contribution in [0.15, 0.2) is 256 Å². The van der Waals surface area contributed by atoms with Gasteiger partial charge in [0.25, 0.3) is 0 Å². The summed E-state index contributed by atoms with van der Waals surface area (Å²) in [5.41, 5.74) is 12.2. The molecule has 13 nitrogen and oxygen atoms in total. The lowest BCUT2D eigenvalue weighted by Gasteiger charge is -2.34. The number of carbonyl (C=O) groups is 6. The molecule has 0 saturated carbocycles. The molecule has 0 spiro atoms. The summed E-state index contributed by atoms with van der Waals surface area (Å²) < 4.78 is 35.1. The van der Waals surface area contributed by atoms with Crippen LogP contribution in [0.25, 0.3) is 16.7 Å². The molecule has 9 rings (SSSR count). The quantitative estimate of drug-likeness (QED) is 0.0169. The number of ketones is 4. The second-order valence-corrected chi connectivity index (χ2v) is 39.8. The van der Waals surface area contributed by atoms with Crippen molar-refractivity contribution in [2.45, 2.75) is 155 Å². The Kier molecular flexibility index (Phi) is 32.5. The van der Waals surface area contributed by atoms with Gasteiger partial charge in [0.1, 0.15) is 36.2 Å². The highest BCUT2D eigenvalue weighted by molar-refractivity contribution is 6.84.